The smallest absolute Gasteiger partial charge is 0.205 e. The molecule has 0 N–H and O–H groups in total. The molecule has 0 aliphatic heterocycles. The minimum absolute atomic E-state index is 0.130. The van der Waals surface area contributed by atoms with E-state index >= 15 is 0 Å². The normalized spacial score (nSPS) is 9.92. The first-order valence-electron chi connectivity index (χ1n) is 3.13. The number of hydrogen-bond acceptors (Lipinski definition) is 1. The number of alkyl halides is 2. The third-order valence-electron chi connectivity index (χ3n) is 1.36. The molecule has 0 radical (unpaired) electrons. The zero-order valence-corrected chi connectivity index (χ0v) is 7.48. The standard InChI is InChI=1S/C8H4BrF2N/c9-7-2-1-5(8(10)11)3-6(7)4-12/h1-3,8H. The maximum absolute atomic E-state index is 12.1. The van der Waals surface area contributed by atoms with E-state index < -0.39 is 6.43 Å². The fourth-order valence-electron chi connectivity index (χ4n) is 0.764. The molecule has 0 saturated carbocycles. The van der Waals surface area contributed by atoms with Gasteiger partial charge < -0.3 is 0 Å². The Morgan fingerprint density at radius 2 is 2.08 bits per heavy atom. The van der Waals surface area contributed by atoms with Gasteiger partial charge in [-0.3, -0.25) is 0 Å². The van der Waals surface area contributed by atoms with Crippen molar-refractivity contribution in [2.24, 2.45) is 0 Å². The molecular formula is C8H4BrF2N. The lowest BCUT2D eigenvalue weighted by atomic mass is 10.1. The Morgan fingerprint density at radius 1 is 1.42 bits per heavy atom. The summed E-state index contributed by atoms with van der Waals surface area (Å²) in [6.07, 6.45) is -2.52. The van der Waals surface area contributed by atoms with Gasteiger partial charge in [-0.05, 0) is 28.1 Å². The highest BCUT2D eigenvalue weighted by Crippen LogP contribution is 2.23. The summed E-state index contributed by atoms with van der Waals surface area (Å²) in [6, 6.07) is 5.72. The van der Waals surface area contributed by atoms with Gasteiger partial charge in [-0.2, -0.15) is 5.26 Å². The largest absolute Gasteiger partial charge is 0.263 e. The topological polar surface area (TPSA) is 23.8 Å². The minimum Gasteiger partial charge on any atom is -0.205 e. The fraction of sp³-hybridized carbons (Fsp3) is 0.125. The molecule has 4 heteroatoms. The van der Waals surface area contributed by atoms with Crippen LogP contribution in [0.15, 0.2) is 22.7 Å². The second-order valence-corrected chi connectivity index (χ2v) is 3.01. The van der Waals surface area contributed by atoms with Gasteiger partial charge in [-0.25, -0.2) is 8.78 Å². The van der Waals surface area contributed by atoms with Crippen molar-refractivity contribution in [3.8, 4) is 6.07 Å². The Bertz CT molecular complexity index is 330. The molecular weight excluding hydrogens is 228 g/mol. The van der Waals surface area contributed by atoms with Crippen LogP contribution in [0.1, 0.15) is 17.6 Å². The van der Waals surface area contributed by atoms with Gasteiger partial charge >= 0.3 is 0 Å². The number of benzene rings is 1. The van der Waals surface area contributed by atoms with Gasteiger partial charge in [0.25, 0.3) is 6.43 Å². The zero-order valence-electron chi connectivity index (χ0n) is 5.89. The maximum atomic E-state index is 12.1. The summed E-state index contributed by atoms with van der Waals surface area (Å²) in [6.45, 7) is 0. The van der Waals surface area contributed by atoms with Crippen molar-refractivity contribution in [2.75, 3.05) is 0 Å². The van der Waals surface area contributed by atoms with Crippen molar-refractivity contribution < 1.29 is 8.78 Å². The van der Waals surface area contributed by atoms with E-state index in [1.807, 2.05) is 6.07 Å². The fourth-order valence-corrected chi connectivity index (χ4v) is 1.10. The highest BCUT2D eigenvalue weighted by atomic mass is 79.9. The Labute approximate surface area is 76.8 Å². The van der Waals surface area contributed by atoms with Crippen LogP contribution >= 0.6 is 15.9 Å². The van der Waals surface area contributed by atoms with Gasteiger partial charge in [0.05, 0.1) is 5.56 Å². The molecule has 0 aliphatic rings. The van der Waals surface area contributed by atoms with Crippen molar-refractivity contribution in [1.29, 1.82) is 5.26 Å². The lowest BCUT2D eigenvalue weighted by Crippen LogP contribution is -1.86. The van der Waals surface area contributed by atoms with E-state index in [9.17, 15) is 8.78 Å². The van der Waals surface area contributed by atoms with E-state index in [0.717, 1.165) is 0 Å². The van der Waals surface area contributed by atoms with E-state index in [1.165, 1.54) is 18.2 Å². The van der Waals surface area contributed by atoms with Crippen LogP contribution in [-0.2, 0) is 0 Å². The minimum atomic E-state index is -2.52. The van der Waals surface area contributed by atoms with Crippen LogP contribution in [0.25, 0.3) is 0 Å². The molecule has 62 valence electrons. The molecule has 0 aliphatic carbocycles. The van der Waals surface area contributed by atoms with Crippen LogP contribution in [0.5, 0.6) is 0 Å². The van der Waals surface area contributed by atoms with Crippen LogP contribution in [-0.4, -0.2) is 0 Å². The molecule has 0 amide bonds. The Morgan fingerprint density at radius 3 is 2.58 bits per heavy atom. The maximum Gasteiger partial charge on any atom is 0.263 e. The van der Waals surface area contributed by atoms with E-state index in [4.69, 9.17) is 5.26 Å². The average molecular weight is 232 g/mol. The van der Waals surface area contributed by atoms with Crippen molar-refractivity contribution in [3.05, 3.63) is 33.8 Å². The highest BCUT2D eigenvalue weighted by Gasteiger charge is 2.08. The van der Waals surface area contributed by atoms with Crippen LogP contribution < -0.4 is 0 Å². The average Bonchev–Trinajstić information content (AvgIpc) is 2.05. The summed E-state index contributed by atoms with van der Waals surface area (Å²) >= 11 is 3.07. The number of halogens is 3. The second-order valence-electron chi connectivity index (χ2n) is 2.15. The molecule has 12 heavy (non-hydrogen) atoms. The summed E-state index contributed by atoms with van der Waals surface area (Å²) in [5.41, 5.74) is 0.0996. The Balaban J connectivity index is 3.16. The predicted octanol–water partition coefficient (Wildman–Crippen LogP) is 3.26. The van der Waals surface area contributed by atoms with E-state index in [0.29, 0.717) is 4.47 Å². The first-order chi connectivity index (χ1) is 5.65. The zero-order chi connectivity index (χ0) is 9.14. The van der Waals surface area contributed by atoms with Crippen LogP contribution in [0.4, 0.5) is 8.78 Å². The summed E-state index contributed by atoms with van der Waals surface area (Å²) in [5.74, 6) is 0. The summed E-state index contributed by atoms with van der Waals surface area (Å²) < 4.78 is 24.7. The lowest BCUT2D eigenvalue weighted by molar-refractivity contribution is 0.151. The summed E-state index contributed by atoms with van der Waals surface area (Å²) in [4.78, 5) is 0. The lowest BCUT2D eigenvalue weighted by Gasteiger charge is -2.00. The van der Waals surface area contributed by atoms with Crippen molar-refractivity contribution in [3.63, 3.8) is 0 Å². The van der Waals surface area contributed by atoms with Gasteiger partial charge in [0.2, 0.25) is 0 Å². The predicted molar refractivity (Wildman–Crippen MR) is 43.8 cm³/mol. The molecule has 0 heterocycles. The molecule has 1 nitrogen and oxygen atoms in total. The second kappa shape index (κ2) is 3.63. The molecule has 0 unspecified atom stereocenters. The monoisotopic (exact) mass is 231 g/mol. The molecule has 0 atom stereocenters. The molecule has 1 rings (SSSR count). The number of hydrogen-bond donors (Lipinski definition) is 0. The highest BCUT2D eigenvalue weighted by molar-refractivity contribution is 9.10. The van der Waals surface area contributed by atoms with Crippen molar-refractivity contribution >= 4 is 15.9 Å². The molecule has 0 fully saturated rings. The first-order valence-corrected chi connectivity index (χ1v) is 3.92. The van der Waals surface area contributed by atoms with E-state index in [1.54, 1.807) is 0 Å². The quantitative estimate of drug-likeness (QED) is 0.728. The summed E-state index contributed by atoms with van der Waals surface area (Å²) in [7, 11) is 0. The van der Waals surface area contributed by atoms with Crippen molar-refractivity contribution in [1.82, 2.24) is 0 Å². The number of rotatable bonds is 1. The van der Waals surface area contributed by atoms with Crippen molar-refractivity contribution in [2.45, 2.75) is 6.43 Å². The number of nitrogens with zero attached hydrogens (tertiary/aromatic N) is 1. The summed E-state index contributed by atoms with van der Waals surface area (Å²) in [5, 5.41) is 8.50. The Hall–Kier alpha value is -0.950. The van der Waals surface area contributed by atoms with Gasteiger partial charge in [-0.1, -0.05) is 6.07 Å². The molecule has 0 aromatic heterocycles. The first kappa shape index (κ1) is 9.14. The molecule has 0 spiro atoms. The van der Waals surface area contributed by atoms with E-state index in [2.05, 4.69) is 15.9 Å². The molecule has 1 aromatic rings. The number of nitriles is 1. The van der Waals surface area contributed by atoms with Crippen LogP contribution in [0.2, 0.25) is 0 Å². The third kappa shape index (κ3) is 1.80. The molecule has 0 bridgehead atoms. The Kier molecular flexibility index (Phi) is 2.77. The molecule has 0 saturated heterocycles. The molecule has 1 aromatic carbocycles. The third-order valence-corrected chi connectivity index (χ3v) is 2.05. The SMILES string of the molecule is N#Cc1cc(C(F)F)ccc1Br. The van der Waals surface area contributed by atoms with Gasteiger partial charge in [-0.15, -0.1) is 0 Å². The van der Waals surface area contributed by atoms with E-state index in [-0.39, 0.29) is 11.1 Å². The van der Waals surface area contributed by atoms with Gasteiger partial charge in [0, 0.05) is 10.0 Å². The van der Waals surface area contributed by atoms with Gasteiger partial charge in [0.15, 0.2) is 0 Å². The van der Waals surface area contributed by atoms with Crippen LogP contribution in [0.3, 0.4) is 0 Å². The van der Waals surface area contributed by atoms with Crippen LogP contribution in [0, 0.1) is 11.3 Å². The van der Waals surface area contributed by atoms with Gasteiger partial charge in [0.1, 0.15) is 6.07 Å².